The standard InChI is InChI=1S/C16H26N2O3/c1-6-18(11-16(2,3)10-17)15(19)14-12(20-4)8-7-9-13(14)21-5/h7-9H,6,10-11,17H2,1-5H3. The molecule has 0 bridgehead atoms. The van der Waals surface area contributed by atoms with Crippen LogP contribution < -0.4 is 15.2 Å². The smallest absolute Gasteiger partial charge is 0.261 e. The highest BCUT2D eigenvalue weighted by molar-refractivity contribution is 5.99. The predicted octanol–water partition coefficient (Wildman–Crippen LogP) is 2.15. The summed E-state index contributed by atoms with van der Waals surface area (Å²) in [6.45, 7) is 7.74. The zero-order chi connectivity index (χ0) is 16.0. The van der Waals surface area contributed by atoms with Gasteiger partial charge in [-0.15, -0.1) is 0 Å². The number of carbonyl (C=O) groups excluding carboxylic acids is 1. The van der Waals surface area contributed by atoms with E-state index in [0.29, 0.717) is 36.7 Å². The van der Waals surface area contributed by atoms with Gasteiger partial charge >= 0.3 is 0 Å². The van der Waals surface area contributed by atoms with Crippen molar-refractivity contribution in [3.05, 3.63) is 23.8 Å². The first kappa shape index (κ1) is 17.3. The summed E-state index contributed by atoms with van der Waals surface area (Å²) < 4.78 is 10.6. The Bertz CT molecular complexity index is 464. The van der Waals surface area contributed by atoms with E-state index >= 15 is 0 Å². The molecular formula is C16H26N2O3. The quantitative estimate of drug-likeness (QED) is 0.837. The molecule has 0 atom stereocenters. The maximum absolute atomic E-state index is 12.9. The number of amides is 1. The molecule has 0 saturated heterocycles. The van der Waals surface area contributed by atoms with Crippen LogP contribution in [0.4, 0.5) is 0 Å². The molecule has 21 heavy (non-hydrogen) atoms. The van der Waals surface area contributed by atoms with E-state index in [1.165, 1.54) is 0 Å². The lowest BCUT2D eigenvalue weighted by atomic mass is 9.92. The molecule has 0 radical (unpaired) electrons. The minimum Gasteiger partial charge on any atom is -0.496 e. The van der Waals surface area contributed by atoms with E-state index in [1.54, 1.807) is 37.3 Å². The summed E-state index contributed by atoms with van der Waals surface area (Å²) in [5.74, 6) is 0.931. The van der Waals surface area contributed by atoms with Crippen molar-refractivity contribution in [2.45, 2.75) is 20.8 Å². The van der Waals surface area contributed by atoms with Gasteiger partial charge in [-0.3, -0.25) is 4.79 Å². The third kappa shape index (κ3) is 4.11. The van der Waals surface area contributed by atoms with Crippen molar-refractivity contribution in [2.75, 3.05) is 33.9 Å². The van der Waals surface area contributed by atoms with E-state index in [1.807, 2.05) is 20.8 Å². The fraction of sp³-hybridized carbons (Fsp3) is 0.562. The van der Waals surface area contributed by atoms with Crippen LogP contribution in [0.1, 0.15) is 31.1 Å². The zero-order valence-corrected chi connectivity index (χ0v) is 13.6. The zero-order valence-electron chi connectivity index (χ0n) is 13.6. The van der Waals surface area contributed by atoms with Crippen LogP contribution in [0.5, 0.6) is 11.5 Å². The van der Waals surface area contributed by atoms with E-state index in [0.717, 1.165) is 0 Å². The van der Waals surface area contributed by atoms with Gasteiger partial charge in [-0.2, -0.15) is 0 Å². The fourth-order valence-corrected chi connectivity index (χ4v) is 2.13. The molecule has 5 heteroatoms. The summed E-state index contributed by atoms with van der Waals surface area (Å²) >= 11 is 0. The molecule has 118 valence electrons. The Morgan fingerprint density at radius 2 is 1.76 bits per heavy atom. The minimum atomic E-state index is -0.138. The lowest BCUT2D eigenvalue weighted by Crippen LogP contribution is -2.42. The Balaban J connectivity index is 3.16. The van der Waals surface area contributed by atoms with Crippen molar-refractivity contribution in [1.29, 1.82) is 0 Å². The topological polar surface area (TPSA) is 64.8 Å². The average Bonchev–Trinajstić information content (AvgIpc) is 2.50. The second-order valence-electron chi connectivity index (χ2n) is 5.73. The van der Waals surface area contributed by atoms with Crippen molar-refractivity contribution in [3.63, 3.8) is 0 Å². The first-order valence-corrected chi connectivity index (χ1v) is 7.10. The van der Waals surface area contributed by atoms with Crippen molar-refractivity contribution >= 4 is 5.91 Å². The van der Waals surface area contributed by atoms with Gasteiger partial charge < -0.3 is 20.1 Å². The highest BCUT2D eigenvalue weighted by Crippen LogP contribution is 2.30. The largest absolute Gasteiger partial charge is 0.496 e. The van der Waals surface area contributed by atoms with E-state index in [9.17, 15) is 4.79 Å². The minimum absolute atomic E-state index is 0.103. The number of nitrogens with zero attached hydrogens (tertiary/aromatic N) is 1. The summed E-state index contributed by atoms with van der Waals surface area (Å²) in [5.41, 5.74) is 6.09. The summed E-state index contributed by atoms with van der Waals surface area (Å²) in [4.78, 5) is 14.6. The second kappa shape index (κ2) is 7.31. The first-order chi connectivity index (χ1) is 9.90. The van der Waals surface area contributed by atoms with Crippen LogP contribution in [0, 0.1) is 5.41 Å². The molecule has 1 aromatic rings. The molecule has 0 saturated carbocycles. The Morgan fingerprint density at radius 3 is 2.14 bits per heavy atom. The first-order valence-electron chi connectivity index (χ1n) is 7.10. The summed E-state index contributed by atoms with van der Waals surface area (Å²) in [5, 5.41) is 0. The van der Waals surface area contributed by atoms with Gasteiger partial charge in [0.05, 0.1) is 14.2 Å². The number of benzene rings is 1. The van der Waals surface area contributed by atoms with E-state index in [-0.39, 0.29) is 11.3 Å². The summed E-state index contributed by atoms with van der Waals surface area (Å²) in [6, 6.07) is 5.32. The molecule has 0 fully saturated rings. The number of ether oxygens (including phenoxy) is 2. The molecule has 1 amide bonds. The van der Waals surface area contributed by atoms with Crippen molar-refractivity contribution in [3.8, 4) is 11.5 Å². The second-order valence-corrected chi connectivity index (χ2v) is 5.73. The Hall–Kier alpha value is -1.75. The molecule has 0 aliphatic heterocycles. The van der Waals surface area contributed by atoms with Crippen molar-refractivity contribution in [1.82, 2.24) is 4.90 Å². The molecule has 0 aliphatic carbocycles. The third-order valence-corrected chi connectivity index (χ3v) is 3.48. The molecule has 1 rings (SSSR count). The molecule has 0 aliphatic rings. The maximum Gasteiger partial charge on any atom is 0.261 e. The molecule has 0 heterocycles. The van der Waals surface area contributed by atoms with Gasteiger partial charge in [-0.05, 0) is 31.0 Å². The Labute approximate surface area is 127 Å². The van der Waals surface area contributed by atoms with Gasteiger partial charge in [-0.25, -0.2) is 0 Å². The molecule has 0 spiro atoms. The third-order valence-electron chi connectivity index (χ3n) is 3.48. The lowest BCUT2D eigenvalue weighted by molar-refractivity contribution is 0.0694. The number of carbonyl (C=O) groups is 1. The fourth-order valence-electron chi connectivity index (χ4n) is 2.13. The SMILES string of the molecule is CCN(CC(C)(C)CN)C(=O)c1c(OC)cccc1OC. The van der Waals surface area contributed by atoms with Gasteiger partial charge in [0.2, 0.25) is 0 Å². The summed E-state index contributed by atoms with van der Waals surface area (Å²) in [6.07, 6.45) is 0. The molecular weight excluding hydrogens is 268 g/mol. The number of hydrogen-bond acceptors (Lipinski definition) is 4. The van der Waals surface area contributed by atoms with Gasteiger partial charge in [0.15, 0.2) is 0 Å². The van der Waals surface area contributed by atoms with Gasteiger partial charge in [0.25, 0.3) is 5.91 Å². The number of methoxy groups -OCH3 is 2. The van der Waals surface area contributed by atoms with E-state index < -0.39 is 0 Å². The van der Waals surface area contributed by atoms with E-state index in [4.69, 9.17) is 15.2 Å². The molecule has 2 N–H and O–H groups in total. The predicted molar refractivity (Wildman–Crippen MR) is 84.0 cm³/mol. The maximum atomic E-state index is 12.9. The molecule has 0 unspecified atom stereocenters. The number of hydrogen-bond donors (Lipinski definition) is 1. The van der Waals surface area contributed by atoms with E-state index in [2.05, 4.69) is 0 Å². The highest BCUT2D eigenvalue weighted by atomic mass is 16.5. The van der Waals surface area contributed by atoms with Gasteiger partial charge in [-0.1, -0.05) is 19.9 Å². The molecule has 0 aromatic heterocycles. The van der Waals surface area contributed by atoms with Crippen molar-refractivity contribution in [2.24, 2.45) is 11.1 Å². The van der Waals surface area contributed by atoms with Gasteiger partial charge in [0.1, 0.15) is 17.1 Å². The van der Waals surface area contributed by atoms with Crippen LogP contribution in [0.15, 0.2) is 18.2 Å². The van der Waals surface area contributed by atoms with Crippen molar-refractivity contribution < 1.29 is 14.3 Å². The Kier molecular flexibility index (Phi) is 6.03. The normalized spacial score (nSPS) is 11.1. The van der Waals surface area contributed by atoms with Gasteiger partial charge in [0, 0.05) is 13.1 Å². The van der Waals surface area contributed by atoms with Crippen LogP contribution in [0.2, 0.25) is 0 Å². The average molecular weight is 294 g/mol. The molecule has 1 aromatic carbocycles. The van der Waals surface area contributed by atoms with Crippen LogP contribution in [0.3, 0.4) is 0 Å². The monoisotopic (exact) mass is 294 g/mol. The highest BCUT2D eigenvalue weighted by Gasteiger charge is 2.27. The Morgan fingerprint density at radius 1 is 1.24 bits per heavy atom. The summed E-state index contributed by atoms with van der Waals surface area (Å²) in [7, 11) is 3.09. The number of rotatable bonds is 7. The van der Waals surface area contributed by atoms with Crippen LogP contribution in [-0.2, 0) is 0 Å². The van der Waals surface area contributed by atoms with Crippen LogP contribution in [0.25, 0.3) is 0 Å². The van der Waals surface area contributed by atoms with Crippen LogP contribution >= 0.6 is 0 Å². The van der Waals surface area contributed by atoms with Crippen LogP contribution in [-0.4, -0.2) is 44.7 Å². The molecule has 5 nitrogen and oxygen atoms in total. The number of nitrogens with two attached hydrogens (primary N) is 1. The lowest BCUT2D eigenvalue weighted by Gasteiger charge is -2.31.